The van der Waals surface area contributed by atoms with Gasteiger partial charge in [-0.3, -0.25) is 14.5 Å². The summed E-state index contributed by atoms with van der Waals surface area (Å²) in [6, 6.07) is 19.1. The quantitative estimate of drug-likeness (QED) is 0.525. The fraction of sp³-hybridized carbons (Fsp3) is 0.250. The van der Waals surface area contributed by atoms with Crippen LogP contribution in [0.1, 0.15) is 16.9 Å². The maximum atomic E-state index is 12.5. The van der Waals surface area contributed by atoms with Crippen LogP contribution in [-0.4, -0.2) is 36.9 Å². The van der Waals surface area contributed by atoms with E-state index in [2.05, 4.69) is 10.6 Å². The number of hydrogen-bond acceptors (Lipinski definition) is 5. The minimum atomic E-state index is -0.321. The second-order valence-corrected chi connectivity index (χ2v) is 7.24. The number of rotatable bonds is 10. The number of aryl methyl sites for hydroxylation is 1. The molecular formula is C24H27N3O4. The van der Waals surface area contributed by atoms with Crippen molar-refractivity contribution in [3.05, 3.63) is 83.8 Å². The van der Waals surface area contributed by atoms with Gasteiger partial charge in [0.25, 0.3) is 0 Å². The van der Waals surface area contributed by atoms with Crippen LogP contribution in [0, 0.1) is 6.92 Å². The minimum Gasteiger partial charge on any atom is -0.495 e. The molecule has 0 aliphatic carbocycles. The first-order valence-corrected chi connectivity index (χ1v) is 10.0. The van der Waals surface area contributed by atoms with Crippen LogP contribution in [-0.2, 0) is 22.7 Å². The topological polar surface area (TPSA) is 83.8 Å². The molecule has 162 valence electrons. The smallest absolute Gasteiger partial charge is 0.243 e. The highest BCUT2D eigenvalue weighted by Gasteiger charge is 2.15. The zero-order chi connectivity index (χ0) is 22.1. The van der Waals surface area contributed by atoms with Crippen LogP contribution < -0.4 is 15.4 Å². The van der Waals surface area contributed by atoms with Crippen molar-refractivity contribution in [2.45, 2.75) is 20.0 Å². The molecule has 3 aromatic rings. The molecule has 0 aliphatic heterocycles. The third-order valence-electron chi connectivity index (χ3n) is 4.65. The molecule has 2 amide bonds. The Morgan fingerprint density at radius 3 is 2.52 bits per heavy atom. The Hall–Kier alpha value is -3.58. The number of benzene rings is 2. The monoisotopic (exact) mass is 421 g/mol. The van der Waals surface area contributed by atoms with Gasteiger partial charge in [-0.2, -0.15) is 0 Å². The second-order valence-electron chi connectivity index (χ2n) is 7.24. The van der Waals surface area contributed by atoms with Crippen LogP contribution in [0.5, 0.6) is 5.75 Å². The van der Waals surface area contributed by atoms with Crippen molar-refractivity contribution in [3.63, 3.8) is 0 Å². The van der Waals surface area contributed by atoms with Gasteiger partial charge < -0.3 is 19.8 Å². The molecule has 0 radical (unpaired) electrons. The highest BCUT2D eigenvalue weighted by atomic mass is 16.5. The fourth-order valence-electron chi connectivity index (χ4n) is 3.18. The van der Waals surface area contributed by atoms with Crippen LogP contribution in [0.2, 0.25) is 0 Å². The summed E-state index contributed by atoms with van der Waals surface area (Å²) in [4.78, 5) is 26.8. The Morgan fingerprint density at radius 1 is 1.00 bits per heavy atom. The van der Waals surface area contributed by atoms with Crippen molar-refractivity contribution in [1.29, 1.82) is 0 Å². The van der Waals surface area contributed by atoms with Gasteiger partial charge in [-0.15, -0.1) is 0 Å². The third-order valence-corrected chi connectivity index (χ3v) is 4.65. The van der Waals surface area contributed by atoms with Crippen molar-refractivity contribution >= 4 is 17.5 Å². The van der Waals surface area contributed by atoms with Gasteiger partial charge in [-0.1, -0.05) is 36.4 Å². The summed E-state index contributed by atoms with van der Waals surface area (Å²) in [6.07, 6.45) is 1.61. The number of anilines is 1. The average Bonchev–Trinajstić information content (AvgIpc) is 3.26. The van der Waals surface area contributed by atoms with Gasteiger partial charge in [-0.05, 0) is 42.3 Å². The Labute approximate surface area is 182 Å². The Morgan fingerprint density at radius 2 is 1.81 bits per heavy atom. The molecule has 7 nitrogen and oxygen atoms in total. The lowest BCUT2D eigenvalue weighted by Gasteiger charge is -2.21. The number of methoxy groups -OCH3 is 1. The van der Waals surface area contributed by atoms with Crippen molar-refractivity contribution in [1.82, 2.24) is 10.2 Å². The van der Waals surface area contributed by atoms with Crippen LogP contribution in [0.4, 0.5) is 5.69 Å². The van der Waals surface area contributed by atoms with Crippen molar-refractivity contribution in [2.24, 2.45) is 0 Å². The third kappa shape index (κ3) is 7.01. The fourth-order valence-corrected chi connectivity index (χ4v) is 3.18. The number of furan rings is 1. The number of carbonyl (C=O) groups is 2. The van der Waals surface area contributed by atoms with Crippen molar-refractivity contribution < 1.29 is 18.7 Å². The normalized spacial score (nSPS) is 10.7. The van der Waals surface area contributed by atoms with E-state index in [-0.39, 0.29) is 24.9 Å². The van der Waals surface area contributed by atoms with Crippen LogP contribution >= 0.6 is 0 Å². The number of carbonyl (C=O) groups excluding carboxylic acids is 2. The van der Waals surface area contributed by atoms with E-state index >= 15 is 0 Å². The van der Waals surface area contributed by atoms with E-state index in [9.17, 15) is 9.59 Å². The summed E-state index contributed by atoms with van der Waals surface area (Å²) in [5.74, 6) is 0.775. The van der Waals surface area contributed by atoms with E-state index in [4.69, 9.17) is 9.15 Å². The number of nitrogens with one attached hydrogen (secondary N) is 2. The average molecular weight is 421 g/mol. The van der Waals surface area contributed by atoms with E-state index in [1.807, 2.05) is 66.4 Å². The SMILES string of the molecule is COc1ccc(C)cc1NC(=O)CNC(=O)CN(Cc1ccccc1)Cc1ccco1. The summed E-state index contributed by atoms with van der Waals surface area (Å²) in [6.45, 7) is 3.01. The zero-order valence-corrected chi connectivity index (χ0v) is 17.8. The summed E-state index contributed by atoms with van der Waals surface area (Å²) < 4.78 is 10.7. The lowest BCUT2D eigenvalue weighted by Crippen LogP contribution is -2.40. The molecule has 31 heavy (non-hydrogen) atoms. The molecule has 0 aliphatic rings. The molecule has 7 heteroatoms. The largest absolute Gasteiger partial charge is 0.495 e. The second kappa shape index (κ2) is 11.0. The van der Waals surface area contributed by atoms with E-state index in [0.29, 0.717) is 24.5 Å². The molecule has 0 saturated heterocycles. The van der Waals surface area contributed by atoms with E-state index in [1.54, 1.807) is 19.4 Å². The number of ether oxygens (including phenoxy) is 1. The Balaban J connectivity index is 1.55. The lowest BCUT2D eigenvalue weighted by molar-refractivity contribution is -0.125. The van der Waals surface area contributed by atoms with E-state index in [1.165, 1.54) is 0 Å². The first kappa shape index (κ1) is 22.1. The zero-order valence-electron chi connectivity index (χ0n) is 17.8. The first-order valence-electron chi connectivity index (χ1n) is 10.0. The van der Waals surface area contributed by atoms with Crippen molar-refractivity contribution in [2.75, 3.05) is 25.5 Å². The molecule has 0 saturated carbocycles. The predicted octanol–water partition coefficient (Wildman–Crippen LogP) is 3.35. The lowest BCUT2D eigenvalue weighted by atomic mass is 10.2. The molecule has 1 heterocycles. The highest BCUT2D eigenvalue weighted by molar-refractivity contribution is 5.96. The summed E-state index contributed by atoms with van der Waals surface area (Å²) in [5.41, 5.74) is 2.66. The predicted molar refractivity (Wildman–Crippen MR) is 119 cm³/mol. The molecule has 0 spiro atoms. The van der Waals surface area contributed by atoms with E-state index < -0.39 is 0 Å². The van der Waals surface area contributed by atoms with E-state index in [0.717, 1.165) is 16.9 Å². The van der Waals surface area contributed by atoms with Gasteiger partial charge in [0.05, 0.1) is 38.7 Å². The Kier molecular flexibility index (Phi) is 7.84. The number of amides is 2. The van der Waals surface area contributed by atoms with Gasteiger partial charge in [0.15, 0.2) is 0 Å². The molecule has 2 N–H and O–H groups in total. The molecule has 0 atom stereocenters. The summed E-state index contributed by atoms with van der Waals surface area (Å²) in [5, 5.41) is 5.47. The highest BCUT2D eigenvalue weighted by Crippen LogP contribution is 2.24. The van der Waals surface area contributed by atoms with Crippen molar-refractivity contribution in [3.8, 4) is 5.75 Å². The molecule has 3 rings (SSSR count). The maximum Gasteiger partial charge on any atom is 0.243 e. The minimum absolute atomic E-state index is 0.129. The number of nitrogens with zero attached hydrogens (tertiary/aromatic N) is 1. The van der Waals surface area contributed by atoms with Crippen LogP contribution in [0.25, 0.3) is 0 Å². The molecule has 0 fully saturated rings. The molecule has 0 bridgehead atoms. The van der Waals surface area contributed by atoms with Gasteiger partial charge in [0.1, 0.15) is 11.5 Å². The van der Waals surface area contributed by atoms with Gasteiger partial charge in [0.2, 0.25) is 11.8 Å². The first-order chi connectivity index (χ1) is 15.0. The summed E-state index contributed by atoms with van der Waals surface area (Å²) in [7, 11) is 1.54. The summed E-state index contributed by atoms with van der Waals surface area (Å²) >= 11 is 0. The van der Waals surface area contributed by atoms with Gasteiger partial charge in [0, 0.05) is 6.54 Å². The standard InChI is InChI=1S/C24H27N3O4/c1-18-10-11-22(30-2)21(13-18)26-23(28)14-25-24(29)17-27(16-20-9-6-12-31-20)15-19-7-4-3-5-8-19/h3-13H,14-17H2,1-2H3,(H,25,29)(H,26,28). The molecular weight excluding hydrogens is 394 g/mol. The van der Waals surface area contributed by atoms with Crippen LogP contribution in [0.15, 0.2) is 71.3 Å². The molecule has 1 aromatic heterocycles. The Bertz CT molecular complexity index is 987. The molecule has 2 aromatic carbocycles. The van der Waals surface area contributed by atoms with Gasteiger partial charge >= 0.3 is 0 Å². The van der Waals surface area contributed by atoms with Crippen LogP contribution in [0.3, 0.4) is 0 Å². The maximum absolute atomic E-state index is 12.5. The molecule has 0 unspecified atom stereocenters. The van der Waals surface area contributed by atoms with Gasteiger partial charge in [-0.25, -0.2) is 0 Å². The number of hydrogen-bond donors (Lipinski definition) is 2.